The van der Waals surface area contributed by atoms with Crippen LogP contribution in [0.15, 0.2) is 35.0 Å². The predicted octanol–water partition coefficient (Wildman–Crippen LogP) is 2.81. The third-order valence-corrected chi connectivity index (χ3v) is 2.03. The van der Waals surface area contributed by atoms with Gasteiger partial charge < -0.3 is 10.4 Å². The van der Waals surface area contributed by atoms with E-state index in [-0.39, 0.29) is 5.75 Å². The van der Waals surface area contributed by atoms with Crippen molar-refractivity contribution in [2.75, 3.05) is 5.32 Å². The zero-order chi connectivity index (χ0) is 10.1. The number of allylic oxidation sites excluding steroid dienone is 2. The summed E-state index contributed by atoms with van der Waals surface area (Å²) in [5.74, 6) is 0.249. The van der Waals surface area contributed by atoms with Gasteiger partial charge in [-0.3, -0.25) is 4.99 Å². The maximum absolute atomic E-state index is 9.32. The highest BCUT2D eigenvalue weighted by atomic mass is 16.3. The Hall–Kier alpha value is -1.77. The van der Waals surface area contributed by atoms with Crippen LogP contribution in [0.3, 0.4) is 0 Å². The highest BCUT2D eigenvalue weighted by Gasteiger charge is 2.06. The number of rotatable bonds is 0. The molecule has 0 unspecified atom stereocenters. The number of hydrogen-bond donors (Lipinski definition) is 2. The number of aliphatic imine (C=N–C) groups is 1. The lowest BCUT2D eigenvalue weighted by atomic mass is 10.2. The number of nitrogens with one attached hydrogen (secondary N) is 1. The van der Waals surface area contributed by atoms with Crippen molar-refractivity contribution in [1.82, 2.24) is 0 Å². The van der Waals surface area contributed by atoms with Crippen molar-refractivity contribution in [3.8, 4) is 5.75 Å². The van der Waals surface area contributed by atoms with Crippen LogP contribution in [0.4, 0.5) is 11.4 Å². The molecule has 1 aromatic carbocycles. The summed E-state index contributed by atoms with van der Waals surface area (Å²) in [5, 5.41) is 12.5. The van der Waals surface area contributed by atoms with Gasteiger partial charge in [0.25, 0.3) is 0 Å². The molecule has 0 fully saturated rings. The van der Waals surface area contributed by atoms with Crippen molar-refractivity contribution in [3.63, 3.8) is 0 Å². The van der Waals surface area contributed by atoms with Crippen LogP contribution < -0.4 is 5.32 Å². The van der Waals surface area contributed by atoms with E-state index >= 15 is 0 Å². The second-order valence-electron chi connectivity index (χ2n) is 3.41. The molecule has 2 rings (SSSR count). The van der Waals surface area contributed by atoms with E-state index in [2.05, 4.69) is 10.3 Å². The van der Waals surface area contributed by atoms with Crippen molar-refractivity contribution in [2.24, 2.45) is 4.99 Å². The Morgan fingerprint density at radius 2 is 2.07 bits per heavy atom. The number of anilines is 1. The van der Waals surface area contributed by atoms with Crippen LogP contribution in [0.2, 0.25) is 0 Å². The lowest BCUT2D eigenvalue weighted by molar-refractivity contribution is 0.475. The summed E-state index contributed by atoms with van der Waals surface area (Å²) in [5.41, 5.74) is 3.68. The van der Waals surface area contributed by atoms with Gasteiger partial charge in [0.2, 0.25) is 0 Å². The van der Waals surface area contributed by atoms with E-state index in [9.17, 15) is 5.11 Å². The van der Waals surface area contributed by atoms with Gasteiger partial charge in [-0.25, -0.2) is 0 Å². The molecule has 1 aliphatic rings. The molecule has 72 valence electrons. The van der Waals surface area contributed by atoms with Gasteiger partial charge >= 0.3 is 0 Å². The summed E-state index contributed by atoms with van der Waals surface area (Å²) in [7, 11) is 0. The molecular weight excluding hydrogens is 176 g/mol. The Morgan fingerprint density at radius 1 is 1.29 bits per heavy atom. The number of phenolic OH excluding ortho intramolecular Hbond substituents is 1. The summed E-state index contributed by atoms with van der Waals surface area (Å²) < 4.78 is 0. The third-order valence-electron chi connectivity index (χ3n) is 2.03. The normalized spacial score (nSPS) is 14.7. The number of aromatic hydroxyl groups is 1. The molecule has 0 radical (unpaired) electrons. The zero-order valence-corrected chi connectivity index (χ0v) is 8.20. The number of fused-ring (bicyclic) bond motifs is 1. The fourth-order valence-electron chi connectivity index (χ4n) is 1.51. The van der Waals surface area contributed by atoms with Crippen LogP contribution in [0.1, 0.15) is 13.8 Å². The minimum atomic E-state index is 0.249. The first-order valence-electron chi connectivity index (χ1n) is 4.49. The first-order valence-corrected chi connectivity index (χ1v) is 4.49. The van der Waals surface area contributed by atoms with E-state index < -0.39 is 0 Å². The van der Waals surface area contributed by atoms with Gasteiger partial charge in [-0.1, -0.05) is 0 Å². The van der Waals surface area contributed by atoms with Gasteiger partial charge in [0.1, 0.15) is 5.75 Å². The molecular formula is C11H12N2O. The fraction of sp³-hybridized carbons (Fsp3) is 0.182. The lowest BCUT2D eigenvalue weighted by Crippen LogP contribution is -1.94. The molecule has 0 bridgehead atoms. The Kier molecular flexibility index (Phi) is 2.00. The first-order chi connectivity index (χ1) is 6.65. The van der Waals surface area contributed by atoms with Crippen LogP contribution in [0.5, 0.6) is 5.75 Å². The molecule has 0 spiro atoms. The van der Waals surface area contributed by atoms with Crippen molar-refractivity contribution in [1.29, 1.82) is 0 Å². The lowest BCUT2D eigenvalue weighted by Gasteiger charge is -2.06. The van der Waals surface area contributed by atoms with E-state index in [1.165, 1.54) is 0 Å². The molecule has 3 nitrogen and oxygen atoms in total. The van der Waals surface area contributed by atoms with Crippen LogP contribution >= 0.6 is 0 Å². The molecule has 3 heteroatoms. The number of nitrogens with zero attached hydrogens (tertiary/aromatic N) is 1. The Bertz CT molecular complexity index is 433. The van der Waals surface area contributed by atoms with E-state index in [1.54, 1.807) is 18.2 Å². The summed E-state index contributed by atoms with van der Waals surface area (Å²) in [6.45, 7) is 3.92. The van der Waals surface area contributed by atoms with Gasteiger partial charge in [0.15, 0.2) is 0 Å². The van der Waals surface area contributed by atoms with Crippen molar-refractivity contribution >= 4 is 17.1 Å². The molecule has 0 saturated heterocycles. The Balaban J connectivity index is 2.56. The fourth-order valence-corrected chi connectivity index (χ4v) is 1.51. The zero-order valence-electron chi connectivity index (χ0n) is 8.20. The maximum atomic E-state index is 9.32. The quantitative estimate of drug-likeness (QED) is 0.657. The SMILES string of the molecule is CC1=CC(C)=Nc2ccc(O)cc2N1. The topological polar surface area (TPSA) is 44.6 Å². The van der Waals surface area contributed by atoms with Gasteiger partial charge in [-0.15, -0.1) is 0 Å². The molecule has 0 amide bonds. The van der Waals surface area contributed by atoms with Crippen molar-refractivity contribution < 1.29 is 5.11 Å². The van der Waals surface area contributed by atoms with Crippen LogP contribution in [0.25, 0.3) is 0 Å². The second-order valence-corrected chi connectivity index (χ2v) is 3.41. The van der Waals surface area contributed by atoms with Gasteiger partial charge in [-0.2, -0.15) is 0 Å². The van der Waals surface area contributed by atoms with Crippen LogP contribution in [-0.2, 0) is 0 Å². The van der Waals surface area contributed by atoms with Gasteiger partial charge in [-0.05, 0) is 32.1 Å². The minimum Gasteiger partial charge on any atom is -0.508 e. The molecule has 1 aromatic rings. The van der Waals surface area contributed by atoms with Crippen LogP contribution in [0, 0.1) is 0 Å². The van der Waals surface area contributed by atoms with Crippen molar-refractivity contribution in [2.45, 2.75) is 13.8 Å². The number of benzene rings is 1. The maximum Gasteiger partial charge on any atom is 0.117 e. The summed E-state index contributed by atoms with van der Waals surface area (Å²) >= 11 is 0. The van der Waals surface area contributed by atoms with Gasteiger partial charge in [0.05, 0.1) is 11.4 Å². The minimum absolute atomic E-state index is 0.249. The van der Waals surface area contributed by atoms with E-state index in [0.29, 0.717) is 0 Å². The Labute approximate surface area is 82.8 Å². The smallest absolute Gasteiger partial charge is 0.117 e. The first kappa shape index (κ1) is 8.81. The average molecular weight is 188 g/mol. The second kappa shape index (κ2) is 3.18. The molecule has 1 heterocycles. The number of hydrogen-bond acceptors (Lipinski definition) is 3. The molecule has 14 heavy (non-hydrogen) atoms. The van der Waals surface area contributed by atoms with Gasteiger partial charge in [0, 0.05) is 17.5 Å². The predicted molar refractivity (Wildman–Crippen MR) is 58.3 cm³/mol. The summed E-state index contributed by atoms with van der Waals surface area (Å²) in [4.78, 5) is 4.40. The molecule has 0 saturated carbocycles. The van der Waals surface area contributed by atoms with Crippen molar-refractivity contribution in [3.05, 3.63) is 30.0 Å². The summed E-state index contributed by atoms with van der Waals surface area (Å²) in [6, 6.07) is 5.11. The van der Waals surface area contributed by atoms with Crippen LogP contribution in [-0.4, -0.2) is 10.8 Å². The Morgan fingerprint density at radius 3 is 2.86 bits per heavy atom. The monoisotopic (exact) mass is 188 g/mol. The van der Waals surface area contributed by atoms with E-state index in [1.807, 2.05) is 19.9 Å². The molecule has 0 aromatic heterocycles. The molecule has 2 N–H and O–H groups in total. The largest absolute Gasteiger partial charge is 0.508 e. The van der Waals surface area contributed by atoms with E-state index in [4.69, 9.17) is 0 Å². The average Bonchev–Trinajstić information content (AvgIpc) is 2.21. The summed E-state index contributed by atoms with van der Waals surface area (Å²) in [6.07, 6.45) is 1.97. The third kappa shape index (κ3) is 1.62. The van der Waals surface area contributed by atoms with E-state index in [0.717, 1.165) is 22.8 Å². The number of phenols is 1. The molecule has 0 atom stereocenters. The highest BCUT2D eigenvalue weighted by molar-refractivity contribution is 5.98. The standard InChI is InChI=1S/C11H12N2O/c1-7-5-8(2)13-11-6-9(14)3-4-10(11)12-7/h3-6,13-14H,1-2H3. The molecule has 1 aliphatic heterocycles. The highest BCUT2D eigenvalue weighted by Crippen LogP contribution is 2.31. The molecule has 0 aliphatic carbocycles.